The third-order valence-corrected chi connectivity index (χ3v) is 3.56. The van der Waals surface area contributed by atoms with E-state index < -0.39 is 0 Å². The van der Waals surface area contributed by atoms with Gasteiger partial charge in [-0.2, -0.15) is 0 Å². The van der Waals surface area contributed by atoms with Crippen LogP contribution in [0.5, 0.6) is 0 Å². The molecule has 0 spiro atoms. The van der Waals surface area contributed by atoms with Gasteiger partial charge in [-0.25, -0.2) is 14.1 Å². The average molecular weight is 304 g/mol. The summed E-state index contributed by atoms with van der Waals surface area (Å²) in [6.45, 7) is 5.27. The van der Waals surface area contributed by atoms with Crippen LogP contribution >= 0.6 is 0 Å². The Hall–Kier alpha value is -2.28. The highest BCUT2D eigenvalue weighted by Gasteiger charge is 2.26. The van der Waals surface area contributed by atoms with Gasteiger partial charge in [-0.1, -0.05) is 0 Å². The SMILES string of the molecule is Cc1nc(C(=O)N2CCOC(C)C2)nn1-c1ccc(F)cc1. The summed E-state index contributed by atoms with van der Waals surface area (Å²) in [5.41, 5.74) is 0.667. The van der Waals surface area contributed by atoms with Gasteiger partial charge in [-0.3, -0.25) is 4.79 Å². The van der Waals surface area contributed by atoms with E-state index in [-0.39, 0.29) is 23.7 Å². The van der Waals surface area contributed by atoms with E-state index in [2.05, 4.69) is 10.1 Å². The highest BCUT2D eigenvalue weighted by molar-refractivity contribution is 5.90. The Bertz CT molecular complexity index is 683. The molecule has 1 amide bonds. The summed E-state index contributed by atoms with van der Waals surface area (Å²) in [7, 11) is 0. The second kappa shape index (κ2) is 5.84. The fourth-order valence-electron chi connectivity index (χ4n) is 2.45. The summed E-state index contributed by atoms with van der Waals surface area (Å²) in [6, 6.07) is 5.90. The van der Waals surface area contributed by atoms with Gasteiger partial charge in [0.25, 0.3) is 5.91 Å². The van der Waals surface area contributed by atoms with Gasteiger partial charge < -0.3 is 9.64 Å². The molecule has 0 saturated carbocycles. The summed E-state index contributed by atoms with van der Waals surface area (Å²) in [5, 5.41) is 4.26. The molecule has 0 N–H and O–H groups in total. The van der Waals surface area contributed by atoms with Crippen LogP contribution in [0.4, 0.5) is 4.39 Å². The molecule has 7 heteroatoms. The van der Waals surface area contributed by atoms with Crippen molar-refractivity contribution in [3.8, 4) is 5.69 Å². The molecule has 1 atom stereocenters. The van der Waals surface area contributed by atoms with Gasteiger partial charge in [0.05, 0.1) is 18.4 Å². The number of ether oxygens (including phenoxy) is 1. The monoisotopic (exact) mass is 304 g/mol. The number of hydrogen-bond acceptors (Lipinski definition) is 4. The quantitative estimate of drug-likeness (QED) is 0.845. The highest BCUT2D eigenvalue weighted by Crippen LogP contribution is 2.13. The zero-order valence-electron chi connectivity index (χ0n) is 12.5. The van der Waals surface area contributed by atoms with E-state index in [9.17, 15) is 9.18 Å². The molecule has 3 rings (SSSR count). The van der Waals surface area contributed by atoms with Crippen LogP contribution in [0.3, 0.4) is 0 Å². The molecule has 2 aromatic rings. The number of nitrogens with zero attached hydrogens (tertiary/aromatic N) is 4. The molecule has 1 aliphatic heterocycles. The van der Waals surface area contributed by atoms with E-state index in [0.29, 0.717) is 31.2 Å². The third-order valence-electron chi connectivity index (χ3n) is 3.56. The Labute approximate surface area is 127 Å². The lowest BCUT2D eigenvalue weighted by Gasteiger charge is -2.30. The molecule has 1 aromatic heterocycles. The van der Waals surface area contributed by atoms with Crippen LogP contribution in [0.25, 0.3) is 5.69 Å². The minimum Gasteiger partial charge on any atom is -0.375 e. The summed E-state index contributed by atoms with van der Waals surface area (Å²) >= 11 is 0. The predicted octanol–water partition coefficient (Wildman–Crippen LogP) is 1.58. The second-order valence-corrected chi connectivity index (χ2v) is 5.30. The van der Waals surface area contributed by atoms with Gasteiger partial charge in [0, 0.05) is 13.1 Å². The van der Waals surface area contributed by atoms with Crippen molar-refractivity contribution in [1.29, 1.82) is 0 Å². The van der Waals surface area contributed by atoms with E-state index in [1.807, 2.05) is 6.92 Å². The number of amides is 1. The molecule has 1 saturated heterocycles. The van der Waals surface area contributed by atoms with Gasteiger partial charge in [-0.05, 0) is 38.1 Å². The summed E-state index contributed by atoms with van der Waals surface area (Å²) < 4.78 is 20.0. The number of carbonyl (C=O) groups excluding carboxylic acids is 1. The van der Waals surface area contributed by atoms with E-state index in [1.54, 1.807) is 24.0 Å². The first-order valence-corrected chi connectivity index (χ1v) is 7.15. The highest BCUT2D eigenvalue weighted by atomic mass is 19.1. The van der Waals surface area contributed by atoms with Crippen molar-refractivity contribution in [3.05, 3.63) is 41.7 Å². The van der Waals surface area contributed by atoms with Crippen LogP contribution in [-0.2, 0) is 4.74 Å². The van der Waals surface area contributed by atoms with Crippen LogP contribution < -0.4 is 0 Å². The lowest BCUT2D eigenvalue weighted by atomic mass is 10.3. The molecular weight excluding hydrogens is 287 g/mol. The van der Waals surface area contributed by atoms with Crippen molar-refractivity contribution in [2.24, 2.45) is 0 Å². The van der Waals surface area contributed by atoms with Gasteiger partial charge in [-0.15, -0.1) is 5.10 Å². The number of halogens is 1. The van der Waals surface area contributed by atoms with E-state index in [0.717, 1.165) is 0 Å². The van der Waals surface area contributed by atoms with Gasteiger partial charge in [0.2, 0.25) is 5.82 Å². The van der Waals surface area contributed by atoms with Gasteiger partial charge in [0.15, 0.2) is 0 Å². The smallest absolute Gasteiger partial charge is 0.293 e. The van der Waals surface area contributed by atoms with Crippen molar-refractivity contribution >= 4 is 5.91 Å². The Kier molecular flexibility index (Phi) is 3.89. The lowest BCUT2D eigenvalue weighted by molar-refractivity contribution is -0.0128. The molecule has 0 bridgehead atoms. The minimum absolute atomic E-state index is 0.0120. The first kappa shape index (κ1) is 14.6. The predicted molar refractivity (Wildman–Crippen MR) is 77.4 cm³/mol. The Balaban J connectivity index is 1.85. The number of aryl methyl sites for hydroxylation is 1. The standard InChI is InChI=1S/C15H17FN4O2/c1-10-9-19(7-8-22-10)15(21)14-17-11(2)20(18-14)13-5-3-12(16)4-6-13/h3-6,10H,7-9H2,1-2H3. The van der Waals surface area contributed by atoms with Crippen LogP contribution in [0.2, 0.25) is 0 Å². The maximum absolute atomic E-state index is 13.0. The van der Waals surface area contributed by atoms with Crippen molar-refractivity contribution in [3.63, 3.8) is 0 Å². The van der Waals surface area contributed by atoms with Crippen LogP contribution in [0.15, 0.2) is 24.3 Å². The van der Waals surface area contributed by atoms with Gasteiger partial charge in [0.1, 0.15) is 11.6 Å². The zero-order valence-corrected chi connectivity index (χ0v) is 12.5. The molecule has 0 radical (unpaired) electrons. The summed E-state index contributed by atoms with van der Waals surface area (Å²) in [5.74, 6) is 0.200. The molecule has 22 heavy (non-hydrogen) atoms. The number of aromatic nitrogens is 3. The second-order valence-electron chi connectivity index (χ2n) is 5.30. The van der Waals surface area contributed by atoms with Gasteiger partial charge >= 0.3 is 0 Å². The molecule has 1 aromatic carbocycles. The zero-order chi connectivity index (χ0) is 15.7. The van der Waals surface area contributed by atoms with Crippen molar-refractivity contribution in [2.45, 2.75) is 20.0 Å². The molecule has 116 valence electrons. The lowest BCUT2D eigenvalue weighted by Crippen LogP contribution is -2.44. The minimum atomic E-state index is -0.319. The summed E-state index contributed by atoms with van der Waals surface area (Å²) in [4.78, 5) is 18.4. The average Bonchev–Trinajstić information content (AvgIpc) is 2.89. The number of hydrogen-bond donors (Lipinski definition) is 0. The molecule has 1 aliphatic rings. The number of benzene rings is 1. The van der Waals surface area contributed by atoms with Crippen LogP contribution in [0.1, 0.15) is 23.4 Å². The molecule has 2 heterocycles. The topological polar surface area (TPSA) is 60.3 Å². The van der Waals surface area contributed by atoms with E-state index in [4.69, 9.17) is 4.74 Å². The molecule has 6 nitrogen and oxygen atoms in total. The Morgan fingerprint density at radius 3 is 2.77 bits per heavy atom. The molecular formula is C15H17FN4O2. The fourth-order valence-corrected chi connectivity index (χ4v) is 2.45. The maximum Gasteiger partial charge on any atom is 0.293 e. The van der Waals surface area contributed by atoms with Crippen LogP contribution in [0, 0.1) is 12.7 Å². The number of rotatable bonds is 2. The maximum atomic E-state index is 13.0. The van der Waals surface area contributed by atoms with E-state index >= 15 is 0 Å². The number of carbonyl (C=O) groups is 1. The van der Waals surface area contributed by atoms with Crippen molar-refractivity contribution in [1.82, 2.24) is 19.7 Å². The Morgan fingerprint density at radius 1 is 1.36 bits per heavy atom. The first-order valence-electron chi connectivity index (χ1n) is 7.15. The van der Waals surface area contributed by atoms with Crippen molar-refractivity contribution in [2.75, 3.05) is 19.7 Å². The van der Waals surface area contributed by atoms with E-state index in [1.165, 1.54) is 16.8 Å². The normalized spacial score (nSPS) is 18.5. The Morgan fingerprint density at radius 2 is 2.09 bits per heavy atom. The van der Waals surface area contributed by atoms with Crippen LogP contribution in [-0.4, -0.2) is 51.4 Å². The van der Waals surface area contributed by atoms with Crippen molar-refractivity contribution < 1.29 is 13.9 Å². The largest absolute Gasteiger partial charge is 0.375 e. The molecule has 1 unspecified atom stereocenters. The molecule has 0 aliphatic carbocycles. The fraction of sp³-hybridized carbons (Fsp3) is 0.400. The third kappa shape index (κ3) is 2.85. The first-order chi connectivity index (χ1) is 10.5. The molecule has 1 fully saturated rings. The summed E-state index contributed by atoms with van der Waals surface area (Å²) in [6.07, 6.45) is 0.0120. The number of morpholine rings is 1.